The van der Waals surface area contributed by atoms with Gasteiger partial charge in [-0.25, -0.2) is 4.79 Å². The number of nitrogen functional groups attached to an aromatic ring is 1. The van der Waals surface area contributed by atoms with E-state index >= 15 is 0 Å². The van der Waals surface area contributed by atoms with Gasteiger partial charge < -0.3 is 15.2 Å². The van der Waals surface area contributed by atoms with Crippen molar-refractivity contribution in [3.63, 3.8) is 0 Å². The second-order valence-corrected chi connectivity index (χ2v) is 9.74. The van der Waals surface area contributed by atoms with Crippen molar-refractivity contribution >= 4 is 17.4 Å². The number of benzene rings is 1. The number of aryl methyl sites for hydroxylation is 1. The van der Waals surface area contributed by atoms with Crippen LogP contribution < -0.4 is 27.2 Å². The van der Waals surface area contributed by atoms with Crippen LogP contribution in [0.15, 0.2) is 44.4 Å². The molecular formula is C25H33N7O4. The minimum Gasteiger partial charge on any atom is -0.383 e. The van der Waals surface area contributed by atoms with Crippen LogP contribution in [0.4, 0.5) is 11.5 Å². The van der Waals surface area contributed by atoms with Gasteiger partial charge in [0.15, 0.2) is 11.5 Å². The van der Waals surface area contributed by atoms with Gasteiger partial charge in [0.1, 0.15) is 5.82 Å². The number of H-pyrrole nitrogens is 1. The number of aromatic nitrogens is 4. The molecule has 11 heteroatoms. The van der Waals surface area contributed by atoms with E-state index in [4.69, 9.17) is 10.3 Å². The van der Waals surface area contributed by atoms with E-state index in [9.17, 15) is 14.4 Å². The molecule has 1 aromatic carbocycles. The van der Waals surface area contributed by atoms with E-state index in [0.717, 1.165) is 31.2 Å². The first-order valence-corrected chi connectivity index (χ1v) is 12.2. The summed E-state index contributed by atoms with van der Waals surface area (Å²) >= 11 is 0. The molecule has 1 saturated carbocycles. The third-order valence-electron chi connectivity index (χ3n) is 6.51. The van der Waals surface area contributed by atoms with E-state index in [2.05, 4.69) is 20.4 Å². The zero-order valence-electron chi connectivity index (χ0n) is 20.9. The molecule has 0 radical (unpaired) electrons. The van der Waals surface area contributed by atoms with Crippen LogP contribution in [0.3, 0.4) is 0 Å². The Kier molecular flexibility index (Phi) is 7.39. The van der Waals surface area contributed by atoms with Crippen LogP contribution in [0.25, 0.3) is 0 Å². The molecule has 1 aliphatic rings. The molecule has 3 aromatic rings. The molecule has 0 saturated heterocycles. The summed E-state index contributed by atoms with van der Waals surface area (Å²) in [7, 11) is 0. The molecule has 0 bridgehead atoms. The Morgan fingerprint density at radius 3 is 2.56 bits per heavy atom. The molecule has 4 N–H and O–H groups in total. The Bertz CT molecular complexity index is 1320. The largest absolute Gasteiger partial charge is 0.383 e. The standard InChI is InChI=1S/C25H33N7O4/c1-16(2)14-31(19(33)13-27-25(11-7-8-12-25)23-28-17(3)36-30-23)20-21(26)32(24(35)29-22(20)34)15-18-9-5-4-6-10-18/h4-6,9-10,16,27H,7-8,11-15,26H2,1-3H3,(H,29,34,35). The predicted octanol–water partition coefficient (Wildman–Crippen LogP) is 1.91. The topological polar surface area (TPSA) is 152 Å². The maximum Gasteiger partial charge on any atom is 0.330 e. The van der Waals surface area contributed by atoms with Gasteiger partial charge in [-0.1, -0.05) is 62.2 Å². The van der Waals surface area contributed by atoms with Crippen LogP contribution in [0.2, 0.25) is 0 Å². The molecule has 11 nitrogen and oxygen atoms in total. The van der Waals surface area contributed by atoms with Crippen molar-refractivity contribution < 1.29 is 9.32 Å². The Hall–Kier alpha value is -3.73. The first-order chi connectivity index (χ1) is 17.2. The zero-order chi connectivity index (χ0) is 25.9. The summed E-state index contributed by atoms with van der Waals surface area (Å²) < 4.78 is 6.47. The number of amides is 1. The Balaban J connectivity index is 1.65. The highest BCUT2D eigenvalue weighted by atomic mass is 16.5. The van der Waals surface area contributed by atoms with E-state index in [0.29, 0.717) is 11.7 Å². The Morgan fingerprint density at radius 1 is 1.25 bits per heavy atom. The van der Waals surface area contributed by atoms with E-state index in [1.807, 2.05) is 44.2 Å². The molecule has 1 fully saturated rings. The third kappa shape index (κ3) is 5.25. The molecule has 4 rings (SSSR count). The highest BCUT2D eigenvalue weighted by molar-refractivity contribution is 5.97. The normalized spacial score (nSPS) is 14.9. The summed E-state index contributed by atoms with van der Waals surface area (Å²) in [6, 6.07) is 9.30. The number of aromatic amines is 1. The number of carbonyl (C=O) groups is 1. The molecule has 1 amide bonds. The van der Waals surface area contributed by atoms with Crippen LogP contribution in [0.5, 0.6) is 0 Å². The second-order valence-electron chi connectivity index (χ2n) is 9.74. The number of rotatable bonds is 9. The maximum absolute atomic E-state index is 13.6. The average Bonchev–Trinajstić information content (AvgIpc) is 3.50. The number of nitrogens with zero attached hydrogens (tertiary/aromatic N) is 4. The van der Waals surface area contributed by atoms with E-state index in [1.54, 1.807) is 6.92 Å². The summed E-state index contributed by atoms with van der Waals surface area (Å²) in [5, 5.41) is 7.46. The summed E-state index contributed by atoms with van der Waals surface area (Å²) in [6.07, 6.45) is 3.49. The van der Waals surface area contributed by atoms with Gasteiger partial charge in [0.25, 0.3) is 5.56 Å². The molecule has 1 aliphatic carbocycles. The minimum atomic E-state index is -0.694. The quantitative estimate of drug-likeness (QED) is 0.407. The summed E-state index contributed by atoms with van der Waals surface area (Å²) in [5.41, 5.74) is 5.30. The summed E-state index contributed by atoms with van der Waals surface area (Å²) in [5.74, 6) is 0.658. The summed E-state index contributed by atoms with van der Waals surface area (Å²) in [6.45, 7) is 5.98. The SMILES string of the molecule is Cc1nc(C2(NCC(=O)N(CC(C)C)c3c(N)n(Cc4ccccc4)c(=O)[nH]c3=O)CCCC2)no1. The van der Waals surface area contributed by atoms with Crippen molar-refractivity contribution in [2.45, 2.75) is 58.5 Å². The minimum absolute atomic E-state index is 0.0260. The van der Waals surface area contributed by atoms with Gasteiger partial charge >= 0.3 is 5.69 Å². The van der Waals surface area contributed by atoms with E-state index in [1.165, 1.54) is 9.47 Å². The van der Waals surface area contributed by atoms with Crippen molar-refractivity contribution in [2.75, 3.05) is 23.7 Å². The van der Waals surface area contributed by atoms with Crippen LogP contribution in [-0.4, -0.2) is 38.7 Å². The number of nitrogens with one attached hydrogen (secondary N) is 2. The van der Waals surface area contributed by atoms with Gasteiger partial charge in [0.2, 0.25) is 11.8 Å². The number of hydrogen-bond donors (Lipinski definition) is 3. The van der Waals surface area contributed by atoms with Crippen LogP contribution in [0, 0.1) is 12.8 Å². The van der Waals surface area contributed by atoms with Gasteiger partial charge in [-0.15, -0.1) is 0 Å². The fourth-order valence-corrected chi connectivity index (χ4v) is 4.74. The molecule has 2 aromatic heterocycles. The number of nitrogens with two attached hydrogens (primary N) is 1. The Morgan fingerprint density at radius 2 is 1.94 bits per heavy atom. The molecule has 0 aliphatic heterocycles. The van der Waals surface area contributed by atoms with Crippen LogP contribution in [-0.2, 0) is 16.9 Å². The zero-order valence-corrected chi connectivity index (χ0v) is 20.9. The number of anilines is 2. The van der Waals surface area contributed by atoms with Gasteiger partial charge in [0, 0.05) is 13.5 Å². The van der Waals surface area contributed by atoms with Gasteiger partial charge in [-0.2, -0.15) is 4.98 Å². The lowest BCUT2D eigenvalue weighted by atomic mass is 9.96. The van der Waals surface area contributed by atoms with Gasteiger partial charge in [-0.05, 0) is 24.3 Å². The molecule has 0 unspecified atom stereocenters. The predicted molar refractivity (Wildman–Crippen MR) is 136 cm³/mol. The van der Waals surface area contributed by atoms with Gasteiger partial charge in [0.05, 0.1) is 18.6 Å². The lowest BCUT2D eigenvalue weighted by Crippen LogP contribution is -2.50. The fraction of sp³-hybridized carbons (Fsp3) is 0.480. The van der Waals surface area contributed by atoms with Crippen LogP contribution in [0.1, 0.15) is 56.8 Å². The molecule has 0 spiro atoms. The van der Waals surface area contributed by atoms with Crippen molar-refractivity contribution in [3.8, 4) is 0 Å². The fourth-order valence-electron chi connectivity index (χ4n) is 4.74. The Labute approximate surface area is 208 Å². The lowest BCUT2D eigenvalue weighted by molar-refractivity contribution is -0.118. The molecular weight excluding hydrogens is 462 g/mol. The maximum atomic E-state index is 13.6. The van der Waals surface area contributed by atoms with Crippen molar-refractivity contribution in [3.05, 3.63) is 68.4 Å². The molecule has 192 valence electrons. The monoisotopic (exact) mass is 495 g/mol. The third-order valence-corrected chi connectivity index (χ3v) is 6.51. The van der Waals surface area contributed by atoms with Crippen molar-refractivity contribution in [2.24, 2.45) is 5.92 Å². The lowest BCUT2D eigenvalue weighted by Gasteiger charge is -2.30. The van der Waals surface area contributed by atoms with Crippen molar-refractivity contribution in [1.29, 1.82) is 0 Å². The van der Waals surface area contributed by atoms with E-state index in [-0.39, 0.29) is 43.0 Å². The van der Waals surface area contributed by atoms with E-state index < -0.39 is 16.8 Å². The molecule has 0 atom stereocenters. The smallest absolute Gasteiger partial charge is 0.330 e. The highest BCUT2D eigenvalue weighted by Gasteiger charge is 2.40. The van der Waals surface area contributed by atoms with Gasteiger partial charge in [-0.3, -0.25) is 24.5 Å². The first kappa shape index (κ1) is 25.4. The number of hydrogen-bond acceptors (Lipinski definition) is 8. The number of carbonyl (C=O) groups excluding carboxylic acids is 1. The molecule has 36 heavy (non-hydrogen) atoms. The second kappa shape index (κ2) is 10.5. The van der Waals surface area contributed by atoms with Crippen LogP contribution >= 0.6 is 0 Å². The summed E-state index contributed by atoms with van der Waals surface area (Å²) in [4.78, 5) is 47.3. The first-order valence-electron chi connectivity index (χ1n) is 12.2. The average molecular weight is 496 g/mol. The molecule has 2 heterocycles. The van der Waals surface area contributed by atoms with Crippen molar-refractivity contribution in [1.82, 2.24) is 25.0 Å². The highest BCUT2D eigenvalue weighted by Crippen LogP contribution is 2.37.